The van der Waals surface area contributed by atoms with E-state index in [0.29, 0.717) is 25.4 Å². The summed E-state index contributed by atoms with van der Waals surface area (Å²) >= 11 is 0. The molecule has 1 heterocycles. The predicted molar refractivity (Wildman–Crippen MR) is 82.1 cm³/mol. The Kier molecular flexibility index (Phi) is 5.17. The molecular weight excluding hydrogens is 270 g/mol. The Labute approximate surface area is 124 Å². The number of rotatable bonds is 4. The van der Waals surface area contributed by atoms with Gasteiger partial charge in [-0.15, -0.1) is 0 Å². The van der Waals surface area contributed by atoms with Gasteiger partial charge in [0, 0.05) is 24.5 Å². The zero-order valence-corrected chi connectivity index (χ0v) is 12.5. The Hall–Kier alpha value is -1.63. The number of nitrogens with zero attached hydrogens (tertiary/aromatic N) is 1. The lowest BCUT2D eigenvalue weighted by molar-refractivity contribution is -0.125. The van der Waals surface area contributed by atoms with Gasteiger partial charge in [0.15, 0.2) is 0 Å². The van der Waals surface area contributed by atoms with Crippen molar-refractivity contribution < 1.29 is 14.6 Å². The van der Waals surface area contributed by atoms with Crippen molar-refractivity contribution in [3.63, 3.8) is 0 Å². The number of morpholine rings is 1. The highest BCUT2D eigenvalue weighted by Crippen LogP contribution is 2.18. The van der Waals surface area contributed by atoms with Crippen LogP contribution in [0.25, 0.3) is 0 Å². The van der Waals surface area contributed by atoms with Crippen LogP contribution in [-0.4, -0.2) is 54.4 Å². The van der Waals surface area contributed by atoms with Crippen LogP contribution in [0.4, 0.5) is 11.4 Å². The maximum Gasteiger partial charge on any atom is 0.241 e. The van der Waals surface area contributed by atoms with Crippen molar-refractivity contribution in [3.05, 3.63) is 23.8 Å². The molecule has 0 saturated carbocycles. The number of ether oxygens (including phenoxy) is 1. The predicted octanol–water partition coefficient (Wildman–Crippen LogP) is 0.597. The van der Waals surface area contributed by atoms with Crippen molar-refractivity contribution in [2.75, 3.05) is 37.4 Å². The number of aryl methyl sites for hydroxylation is 1. The molecule has 0 bridgehead atoms. The zero-order chi connectivity index (χ0) is 15.4. The molecule has 4 N–H and O–H groups in total. The molecule has 6 heteroatoms. The van der Waals surface area contributed by atoms with Gasteiger partial charge in [0.1, 0.15) is 0 Å². The van der Waals surface area contributed by atoms with E-state index in [9.17, 15) is 4.79 Å². The van der Waals surface area contributed by atoms with E-state index in [1.807, 2.05) is 30.9 Å². The van der Waals surface area contributed by atoms with Crippen molar-refractivity contribution in [2.24, 2.45) is 0 Å². The summed E-state index contributed by atoms with van der Waals surface area (Å²) in [6, 6.07) is 5.13. The van der Waals surface area contributed by atoms with E-state index in [4.69, 9.17) is 15.6 Å². The van der Waals surface area contributed by atoms with E-state index in [2.05, 4.69) is 5.32 Å². The minimum Gasteiger partial charge on any atom is -0.399 e. The molecule has 1 fully saturated rings. The first-order valence-electron chi connectivity index (χ1n) is 7.14. The van der Waals surface area contributed by atoms with Crippen LogP contribution in [0.1, 0.15) is 12.5 Å². The third kappa shape index (κ3) is 3.93. The molecule has 1 aromatic carbocycles. The second-order valence-electron chi connectivity index (χ2n) is 5.41. The first kappa shape index (κ1) is 15.8. The van der Waals surface area contributed by atoms with Crippen molar-refractivity contribution in [1.29, 1.82) is 0 Å². The van der Waals surface area contributed by atoms with Crippen molar-refractivity contribution in [3.8, 4) is 0 Å². The lowest BCUT2D eigenvalue weighted by atomic mass is 10.1. The van der Waals surface area contributed by atoms with Gasteiger partial charge in [-0.25, -0.2) is 0 Å². The van der Waals surface area contributed by atoms with Crippen LogP contribution in [0.5, 0.6) is 0 Å². The van der Waals surface area contributed by atoms with Gasteiger partial charge >= 0.3 is 0 Å². The first-order valence-corrected chi connectivity index (χ1v) is 7.14. The summed E-state index contributed by atoms with van der Waals surface area (Å²) in [6.45, 7) is 5.53. The van der Waals surface area contributed by atoms with Crippen LogP contribution in [0, 0.1) is 6.92 Å². The fraction of sp³-hybridized carbons (Fsp3) is 0.533. The van der Waals surface area contributed by atoms with Crippen molar-refractivity contribution in [1.82, 2.24) is 4.90 Å². The molecule has 1 aliphatic heterocycles. The Morgan fingerprint density at radius 3 is 3.05 bits per heavy atom. The number of amides is 1. The second kappa shape index (κ2) is 6.89. The second-order valence-corrected chi connectivity index (χ2v) is 5.41. The van der Waals surface area contributed by atoms with Crippen molar-refractivity contribution in [2.45, 2.75) is 26.0 Å². The number of benzene rings is 1. The van der Waals surface area contributed by atoms with Crippen LogP contribution in [0.3, 0.4) is 0 Å². The van der Waals surface area contributed by atoms with Crippen LogP contribution in [-0.2, 0) is 9.53 Å². The molecule has 1 amide bonds. The molecule has 2 atom stereocenters. The van der Waals surface area contributed by atoms with E-state index in [-0.39, 0.29) is 24.7 Å². The smallest absolute Gasteiger partial charge is 0.241 e. The van der Waals surface area contributed by atoms with Crippen LogP contribution in [0.15, 0.2) is 18.2 Å². The summed E-state index contributed by atoms with van der Waals surface area (Å²) in [5.41, 5.74) is 8.09. The molecule has 0 aliphatic carbocycles. The van der Waals surface area contributed by atoms with E-state index in [0.717, 1.165) is 11.3 Å². The molecule has 116 valence electrons. The van der Waals surface area contributed by atoms with Crippen LogP contribution in [0.2, 0.25) is 0 Å². The summed E-state index contributed by atoms with van der Waals surface area (Å²) in [5, 5.41) is 12.1. The van der Waals surface area contributed by atoms with Gasteiger partial charge in [-0.05, 0) is 37.6 Å². The largest absolute Gasteiger partial charge is 0.399 e. The molecule has 1 aromatic rings. The number of aliphatic hydroxyl groups is 1. The Morgan fingerprint density at radius 1 is 1.62 bits per heavy atom. The van der Waals surface area contributed by atoms with E-state index >= 15 is 0 Å². The van der Waals surface area contributed by atoms with Gasteiger partial charge in [-0.3, -0.25) is 9.69 Å². The molecule has 2 unspecified atom stereocenters. The quantitative estimate of drug-likeness (QED) is 0.708. The standard InChI is InChI=1S/C15H23N3O3/c1-10-7-12(16)3-4-14(10)17-15(20)11(2)18-5-6-21-13(8-18)9-19/h3-4,7,11,13,19H,5-6,8-9,16H2,1-2H3,(H,17,20). The summed E-state index contributed by atoms with van der Waals surface area (Å²) in [6.07, 6.45) is -0.216. The lowest BCUT2D eigenvalue weighted by Crippen LogP contribution is -2.51. The zero-order valence-electron chi connectivity index (χ0n) is 12.5. The number of aliphatic hydroxyl groups excluding tert-OH is 1. The molecule has 21 heavy (non-hydrogen) atoms. The van der Waals surface area contributed by atoms with E-state index in [1.165, 1.54) is 0 Å². The highest BCUT2D eigenvalue weighted by molar-refractivity contribution is 5.95. The monoisotopic (exact) mass is 293 g/mol. The fourth-order valence-corrected chi connectivity index (χ4v) is 2.43. The molecule has 2 rings (SSSR count). The molecule has 0 radical (unpaired) electrons. The average molecular weight is 293 g/mol. The SMILES string of the molecule is Cc1cc(N)ccc1NC(=O)C(C)N1CCOC(CO)C1. The third-order valence-electron chi connectivity index (χ3n) is 3.81. The number of nitrogens with two attached hydrogens (primary N) is 1. The Morgan fingerprint density at radius 2 is 2.38 bits per heavy atom. The number of hydrogen-bond acceptors (Lipinski definition) is 5. The van der Waals surface area contributed by atoms with Gasteiger partial charge in [-0.2, -0.15) is 0 Å². The van der Waals surface area contributed by atoms with E-state index < -0.39 is 0 Å². The molecule has 1 aliphatic rings. The van der Waals surface area contributed by atoms with Gasteiger partial charge in [0.25, 0.3) is 0 Å². The molecule has 1 saturated heterocycles. The number of carbonyl (C=O) groups is 1. The first-order chi connectivity index (χ1) is 10.0. The number of carbonyl (C=O) groups excluding carboxylic acids is 1. The highest BCUT2D eigenvalue weighted by atomic mass is 16.5. The molecule has 0 spiro atoms. The molecule has 6 nitrogen and oxygen atoms in total. The summed E-state index contributed by atoms with van der Waals surface area (Å²) in [5.74, 6) is -0.0681. The topological polar surface area (TPSA) is 87.8 Å². The number of hydrogen-bond donors (Lipinski definition) is 3. The maximum atomic E-state index is 12.4. The fourth-order valence-electron chi connectivity index (χ4n) is 2.43. The van der Waals surface area contributed by atoms with Crippen LogP contribution >= 0.6 is 0 Å². The average Bonchev–Trinajstić information content (AvgIpc) is 2.49. The highest BCUT2D eigenvalue weighted by Gasteiger charge is 2.27. The number of anilines is 2. The molecular formula is C15H23N3O3. The summed E-state index contributed by atoms with van der Waals surface area (Å²) in [4.78, 5) is 14.4. The number of nitrogen functional groups attached to an aromatic ring is 1. The van der Waals surface area contributed by atoms with Gasteiger partial charge < -0.3 is 20.9 Å². The minimum atomic E-state index is -0.278. The maximum absolute atomic E-state index is 12.4. The summed E-state index contributed by atoms with van der Waals surface area (Å²) < 4.78 is 5.40. The minimum absolute atomic E-state index is 0.0259. The van der Waals surface area contributed by atoms with E-state index in [1.54, 1.807) is 6.07 Å². The number of nitrogens with one attached hydrogen (secondary N) is 1. The van der Waals surface area contributed by atoms with Gasteiger partial charge in [0.2, 0.25) is 5.91 Å². The van der Waals surface area contributed by atoms with Crippen LogP contribution < -0.4 is 11.1 Å². The Bertz CT molecular complexity index is 507. The molecule has 0 aromatic heterocycles. The Balaban J connectivity index is 1.99. The normalized spacial score (nSPS) is 21.0. The van der Waals surface area contributed by atoms with Crippen molar-refractivity contribution >= 4 is 17.3 Å². The lowest BCUT2D eigenvalue weighted by Gasteiger charge is -2.35. The van der Waals surface area contributed by atoms with Gasteiger partial charge in [0.05, 0.1) is 25.4 Å². The van der Waals surface area contributed by atoms with Gasteiger partial charge in [-0.1, -0.05) is 0 Å². The summed E-state index contributed by atoms with van der Waals surface area (Å²) in [7, 11) is 0. The third-order valence-corrected chi connectivity index (χ3v) is 3.81.